The first-order valence-electron chi connectivity index (χ1n) is 8.24. The normalized spacial score (nSPS) is 16.5. The van der Waals surface area contributed by atoms with E-state index in [9.17, 15) is 4.79 Å². The van der Waals surface area contributed by atoms with Crippen LogP contribution in [0.1, 0.15) is 17.3 Å². The van der Waals surface area contributed by atoms with Gasteiger partial charge in [0.2, 0.25) is 5.91 Å². The molecule has 1 aliphatic heterocycles. The zero-order valence-corrected chi connectivity index (χ0v) is 13.6. The maximum atomic E-state index is 12.8. The molecule has 6 nitrogen and oxygen atoms in total. The van der Waals surface area contributed by atoms with Crippen LogP contribution in [-0.4, -0.2) is 53.6 Å². The van der Waals surface area contributed by atoms with Crippen molar-refractivity contribution in [3.05, 3.63) is 60.2 Å². The number of nitrogens with one attached hydrogen (secondary N) is 1. The summed E-state index contributed by atoms with van der Waals surface area (Å²) in [6, 6.07) is 9.29. The van der Waals surface area contributed by atoms with E-state index in [-0.39, 0.29) is 11.9 Å². The molecule has 1 atom stereocenters. The predicted molar refractivity (Wildman–Crippen MR) is 90.3 cm³/mol. The first kappa shape index (κ1) is 16.5. The molecular weight excluding hydrogens is 304 g/mol. The minimum atomic E-state index is -0.327. The van der Waals surface area contributed by atoms with Gasteiger partial charge < -0.3 is 10.1 Å². The average molecular weight is 326 g/mol. The molecule has 0 saturated carbocycles. The molecule has 24 heavy (non-hydrogen) atoms. The molecule has 6 heteroatoms. The van der Waals surface area contributed by atoms with Gasteiger partial charge in [0.15, 0.2) is 0 Å². The number of hydrogen-bond donors (Lipinski definition) is 1. The van der Waals surface area contributed by atoms with Crippen LogP contribution >= 0.6 is 0 Å². The van der Waals surface area contributed by atoms with Crippen molar-refractivity contribution in [1.82, 2.24) is 20.2 Å². The number of nitrogens with zero attached hydrogens (tertiary/aromatic N) is 3. The number of amides is 1. The molecule has 0 aromatic carbocycles. The fourth-order valence-electron chi connectivity index (χ4n) is 2.86. The molecule has 0 radical (unpaired) electrons. The minimum Gasteiger partial charge on any atom is -0.379 e. The number of pyridine rings is 2. The molecule has 0 unspecified atom stereocenters. The zero-order chi connectivity index (χ0) is 16.6. The van der Waals surface area contributed by atoms with Gasteiger partial charge in [0.1, 0.15) is 6.04 Å². The lowest BCUT2D eigenvalue weighted by Gasteiger charge is -2.33. The maximum Gasteiger partial charge on any atom is 0.242 e. The Labute approximate surface area is 141 Å². The molecule has 1 amide bonds. The largest absolute Gasteiger partial charge is 0.379 e. The van der Waals surface area contributed by atoms with E-state index in [1.165, 1.54) is 0 Å². The molecule has 2 aromatic rings. The number of rotatable bonds is 6. The van der Waals surface area contributed by atoms with E-state index in [2.05, 4.69) is 20.2 Å². The number of carbonyl (C=O) groups excluding carboxylic acids is 1. The molecule has 0 bridgehead atoms. The second-order valence-corrected chi connectivity index (χ2v) is 5.70. The van der Waals surface area contributed by atoms with Crippen molar-refractivity contribution in [2.75, 3.05) is 32.8 Å². The standard InChI is InChI=1S/C18H22N4O2/c23-18(21-9-6-16-5-1-2-8-20-16)17(15-4-3-7-19-14-15)22-10-12-24-13-11-22/h1-5,7-8,14,17H,6,9-13H2,(H,21,23)/t17-/m1/s1. The van der Waals surface area contributed by atoms with E-state index in [4.69, 9.17) is 4.74 Å². The predicted octanol–water partition coefficient (Wildman–Crippen LogP) is 1.21. The highest BCUT2D eigenvalue weighted by atomic mass is 16.5. The molecular formula is C18H22N4O2. The quantitative estimate of drug-likeness (QED) is 0.864. The molecule has 0 aliphatic carbocycles. The van der Waals surface area contributed by atoms with Gasteiger partial charge in [-0.15, -0.1) is 0 Å². The van der Waals surface area contributed by atoms with Crippen molar-refractivity contribution in [3.8, 4) is 0 Å². The molecule has 1 N–H and O–H groups in total. The Balaban J connectivity index is 1.64. The zero-order valence-electron chi connectivity index (χ0n) is 13.6. The van der Waals surface area contributed by atoms with Crippen molar-refractivity contribution >= 4 is 5.91 Å². The van der Waals surface area contributed by atoms with E-state index >= 15 is 0 Å². The van der Waals surface area contributed by atoms with Crippen LogP contribution < -0.4 is 5.32 Å². The topological polar surface area (TPSA) is 67.4 Å². The second kappa shape index (κ2) is 8.52. The summed E-state index contributed by atoms with van der Waals surface area (Å²) in [5.41, 5.74) is 1.89. The Morgan fingerprint density at radius 2 is 2.08 bits per heavy atom. The molecule has 1 aliphatic rings. The first-order valence-corrected chi connectivity index (χ1v) is 8.24. The second-order valence-electron chi connectivity index (χ2n) is 5.70. The van der Waals surface area contributed by atoms with Crippen molar-refractivity contribution in [2.24, 2.45) is 0 Å². The fourth-order valence-corrected chi connectivity index (χ4v) is 2.86. The third-order valence-corrected chi connectivity index (χ3v) is 4.07. The molecule has 0 spiro atoms. The molecule has 126 valence electrons. The highest BCUT2D eigenvalue weighted by Gasteiger charge is 2.28. The van der Waals surface area contributed by atoms with Crippen LogP contribution in [0.4, 0.5) is 0 Å². The minimum absolute atomic E-state index is 0.000770. The Morgan fingerprint density at radius 1 is 1.21 bits per heavy atom. The van der Waals surface area contributed by atoms with E-state index in [0.29, 0.717) is 19.8 Å². The van der Waals surface area contributed by atoms with Crippen molar-refractivity contribution in [1.29, 1.82) is 0 Å². The van der Waals surface area contributed by atoms with Gasteiger partial charge in [-0.3, -0.25) is 19.7 Å². The van der Waals surface area contributed by atoms with Crippen LogP contribution in [0.2, 0.25) is 0 Å². The molecule has 1 saturated heterocycles. The number of ether oxygens (including phenoxy) is 1. The van der Waals surface area contributed by atoms with E-state index < -0.39 is 0 Å². The van der Waals surface area contributed by atoms with E-state index in [0.717, 1.165) is 30.8 Å². The van der Waals surface area contributed by atoms with E-state index in [1.807, 2.05) is 30.3 Å². The fraction of sp³-hybridized carbons (Fsp3) is 0.389. The highest BCUT2D eigenvalue weighted by molar-refractivity contribution is 5.83. The maximum absolute atomic E-state index is 12.8. The van der Waals surface area contributed by atoms with Crippen LogP contribution in [-0.2, 0) is 16.0 Å². The first-order chi connectivity index (χ1) is 11.8. The summed E-state index contributed by atoms with van der Waals surface area (Å²) in [7, 11) is 0. The molecule has 2 aromatic heterocycles. The summed E-state index contributed by atoms with van der Waals surface area (Å²) in [5, 5.41) is 3.04. The lowest BCUT2D eigenvalue weighted by molar-refractivity contribution is -0.128. The van der Waals surface area contributed by atoms with Crippen LogP contribution in [0.15, 0.2) is 48.9 Å². The summed E-state index contributed by atoms with van der Waals surface area (Å²) < 4.78 is 5.41. The lowest BCUT2D eigenvalue weighted by Crippen LogP contribution is -2.46. The third kappa shape index (κ3) is 4.37. The van der Waals surface area contributed by atoms with Gasteiger partial charge in [0, 0.05) is 50.3 Å². The van der Waals surface area contributed by atoms with Gasteiger partial charge in [-0.25, -0.2) is 0 Å². The molecule has 1 fully saturated rings. The average Bonchev–Trinajstić information content (AvgIpc) is 2.65. The summed E-state index contributed by atoms with van der Waals surface area (Å²) in [6.07, 6.45) is 5.97. The van der Waals surface area contributed by atoms with Gasteiger partial charge in [0.05, 0.1) is 13.2 Å². The highest BCUT2D eigenvalue weighted by Crippen LogP contribution is 2.21. The SMILES string of the molecule is O=C(NCCc1ccccn1)[C@@H](c1cccnc1)N1CCOCC1. The molecule has 3 heterocycles. The van der Waals surface area contributed by atoms with Gasteiger partial charge in [-0.2, -0.15) is 0 Å². The van der Waals surface area contributed by atoms with Gasteiger partial charge in [-0.1, -0.05) is 12.1 Å². The summed E-state index contributed by atoms with van der Waals surface area (Å²) in [6.45, 7) is 3.35. The Morgan fingerprint density at radius 3 is 2.79 bits per heavy atom. The number of hydrogen-bond acceptors (Lipinski definition) is 5. The van der Waals surface area contributed by atoms with Crippen molar-refractivity contribution in [2.45, 2.75) is 12.5 Å². The lowest BCUT2D eigenvalue weighted by atomic mass is 10.1. The monoisotopic (exact) mass is 326 g/mol. The Kier molecular flexibility index (Phi) is 5.87. The molecule has 3 rings (SSSR count). The smallest absolute Gasteiger partial charge is 0.242 e. The number of morpholine rings is 1. The number of carbonyl (C=O) groups is 1. The van der Waals surface area contributed by atoms with Gasteiger partial charge in [-0.05, 0) is 23.8 Å². The van der Waals surface area contributed by atoms with Crippen LogP contribution in [0.5, 0.6) is 0 Å². The van der Waals surface area contributed by atoms with Gasteiger partial charge >= 0.3 is 0 Å². The number of aromatic nitrogens is 2. The van der Waals surface area contributed by atoms with Crippen molar-refractivity contribution < 1.29 is 9.53 Å². The van der Waals surface area contributed by atoms with Crippen LogP contribution in [0.3, 0.4) is 0 Å². The van der Waals surface area contributed by atoms with Gasteiger partial charge in [0.25, 0.3) is 0 Å². The summed E-state index contributed by atoms with van der Waals surface area (Å²) in [4.78, 5) is 23.4. The van der Waals surface area contributed by atoms with E-state index in [1.54, 1.807) is 18.6 Å². The Hall–Kier alpha value is -2.31. The van der Waals surface area contributed by atoms with Crippen LogP contribution in [0.25, 0.3) is 0 Å². The van der Waals surface area contributed by atoms with Crippen molar-refractivity contribution in [3.63, 3.8) is 0 Å². The third-order valence-electron chi connectivity index (χ3n) is 4.07. The summed E-state index contributed by atoms with van der Waals surface area (Å²) >= 11 is 0. The van der Waals surface area contributed by atoms with Crippen LogP contribution in [0, 0.1) is 0 Å². The summed E-state index contributed by atoms with van der Waals surface area (Å²) in [5.74, 6) is 0.000770. The Bertz CT molecular complexity index is 630.